The van der Waals surface area contributed by atoms with Gasteiger partial charge in [0, 0.05) is 18.3 Å². The van der Waals surface area contributed by atoms with Crippen molar-refractivity contribution in [2.45, 2.75) is 19.3 Å². The van der Waals surface area contributed by atoms with Gasteiger partial charge in [-0.15, -0.1) is 13.2 Å². The zero-order chi connectivity index (χ0) is 20.4. The van der Waals surface area contributed by atoms with Gasteiger partial charge in [0.15, 0.2) is 0 Å². The predicted molar refractivity (Wildman–Crippen MR) is 101 cm³/mol. The lowest BCUT2D eigenvalue weighted by Crippen LogP contribution is -2.46. The van der Waals surface area contributed by atoms with Crippen LogP contribution in [0.3, 0.4) is 0 Å². The zero-order valence-electron chi connectivity index (χ0n) is 15.6. The number of hydrazine groups is 1. The van der Waals surface area contributed by atoms with Crippen LogP contribution < -0.4 is 31.9 Å². The molecule has 7 nitrogen and oxygen atoms in total. The molecule has 0 aliphatic carbocycles. The fourth-order valence-corrected chi connectivity index (χ4v) is 3.62. The van der Waals surface area contributed by atoms with Gasteiger partial charge in [-0.25, -0.2) is 10.2 Å². The van der Waals surface area contributed by atoms with Crippen LogP contribution in [0.15, 0.2) is 29.1 Å². The van der Waals surface area contributed by atoms with E-state index in [1.165, 1.54) is 22.8 Å². The standard InChI is InChI=1S/C19H22F3N5O2/c20-19(21,22)29-17-4-2-1-3-14(17)11-27-16-12-26(8-6-15(16)25-18(27)28)24-10-13-5-7-23-9-13/h1-4,6,12-13,23-24H,5,7-11H2,(H,25,28)/t13-/m1/s1. The van der Waals surface area contributed by atoms with Crippen LogP contribution in [-0.4, -0.2) is 47.1 Å². The molecule has 3 heterocycles. The van der Waals surface area contributed by atoms with Crippen molar-refractivity contribution in [2.75, 3.05) is 26.2 Å². The Hall–Kier alpha value is -2.72. The minimum absolute atomic E-state index is 0.0400. The summed E-state index contributed by atoms with van der Waals surface area (Å²) in [5, 5.41) is 6.48. The van der Waals surface area contributed by atoms with Crippen LogP contribution in [0, 0.1) is 5.92 Å². The van der Waals surface area contributed by atoms with Crippen LogP contribution in [0.4, 0.5) is 13.2 Å². The Kier molecular flexibility index (Phi) is 5.37. The second-order valence-corrected chi connectivity index (χ2v) is 7.18. The lowest BCUT2D eigenvalue weighted by atomic mass is 10.1. The van der Waals surface area contributed by atoms with Crippen LogP contribution in [0.2, 0.25) is 0 Å². The van der Waals surface area contributed by atoms with Gasteiger partial charge in [-0.2, -0.15) is 0 Å². The molecule has 4 rings (SSSR count). The number of H-pyrrole nitrogens is 1. The van der Waals surface area contributed by atoms with Gasteiger partial charge in [0.05, 0.1) is 23.8 Å². The number of para-hydroxylation sites is 1. The van der Waals surface area contributed by atoms with E-state index >= 15 is 0 Å². The van der Waals surface area contributed by atoms with Crippen LogP contribution in [0.5, 0.6) is 5.75 Å². The van der Waals surface area contributed by atoms with E-state index in [4.69, 9.17) is 0 Å². The first kappa shape index (κ1) is 19.6. The highest BCUT2D eigenvalue weighted by molar-refractivity contribution is 5.36. The maximum absolute atomic E-state index is 12.7. The maximum Gasteiger partial charge on any atom is 0.573 e. The Morgan fingerprint density at radius 3 is 2.86 bits per heavy atom. The fourth-order valence-electron chi connectivity index (χ4n) is 3.62. The van der Waals surface area contributed by atoms with Gasteiger partial charge in [0.25, 0.3) is 0 Å². The average Bonchev–Trinajstić information content (AvgIpc) is 3.28. The quantitative estimate of drug-likeness (QED) is 0.630. The molecule has 10 heteroatoms. The summed E-state index contributed by atoms with van der Waals surface area (Å²) in [6, 6.07) is 5.83. The number of hydrogen-bond donors (Lipinski definition) is 3. The van der Waals surface area contributed by atoms with Gasteiger partial charge in [-0.05, 0) is 37.6 Å². The molecule has 0 amide bonds. The maximum atomic E-state index is 12.7. The highest BCUT2D eigenvalue weighted by Crippen LogP contribution is 2.26. The third-order valence-corrected chi connectivity index (χ3v) is 5.10. The monoisotopic (exact) mass is 409 g/mol. The van der Waals surface area contributed by atoms with Crippen molar-refractivity contribution in [3.05, 3.63) is 51.0 Å². The summed E-state index contributed by atoms with van der Waals surface area (Å²) in [7, 11) is 0. The Labute approximate surface area is 164 Å². The number of aromatic amines is 1. The van der Waals surface area contributed by atoms with E-state index in [0.717, 1.165) is 26.1 Å². The summed E-state index contributed by atoms with van der Waals surface area (Å²) in [4.78, 5) is 15.2. The van der Waals surface area contributed by atoms with E-state index in [-0.39, 0.29) is 23.5 Å². The SMILES string of the molecule is O=c1[nH]c2c(n1Cc1ccccc1OC(F)(F)F)=CN(NC[C@@H]1CCNC1)CC=2. The number of benzene rings is 1. The first-order valence-electron chi connectivity index (χ1n) is 9.44. The first-order valence-corrected chi connectivity index (χ1v) is 9.44. The molecule has 0 unspecified atom stereocenters. The van der Waals surface area contributed by atoms with Crippen LogP contribution in [0.1, 0.15) is 12.0 Å². The van der Waals surface area contributed by atoms with Gasteiger partial charge in [0.1, 0.15) is 5.75 Å². The van der Waals surface area contributed by atoms with Crippen LogP contribution in [0.25, 0.3) is 12.3 Å². The second kappa shape index (κ2) is 7.96. The molecule has 1 fully saturated rings. The molecule has 2 aliphatic rings. The molecule has 1 aromatic heterocycles. The number of ether oxygens (including phenoxy) is 1. The van der Waals surface area contributed by atoms with Gasteiger partial charge < -0.3 is 20.0 Å². The van der Waals surface area contributed by atoms with E-state index in [1.807, 2.05) is 17.3 Å². The molecule has 0 bridgehead atoms. The predicted octanol–water partition coefficient (Wildman–Crippen LogP) is 0.0715. The van der Waals surface area contributed by atoms with Crippen molar-refractivity contribution < 1.29 is 17.9 Å². The van der Waals surface area contributed by atoms with Crippen LogP contribution in [-0.2, 0) is 6.54 Å². The first-order chi connectivity index (χ1) is 13.9. The van der Waals surface area contributed by atoms with E-state index < -0.39 is 6.36 Å². The number of halogens is 3. The largest absolute Gasteiger partial charge is 0.573 e. The summed E-state index contributed by atoms with van der Waals surface area (Å²) in [6.45, 7) is 3.34. The lowest BCUT2D eigenvalue weighted by Gasteiger charge is -2.23. The van der Waals surface area contributed by atoms with Crippen molar-refractivity contribution in [1.29, 1.82) is 0 Å². The average molecular weight is 409 g/mol. The number of alkyl halides is 3. The molecule has 0 spiro atoms. The number of rotatable bonds is 6. The van der Waals surface area contributed by atoms with E-state index in [9.17, 15) is 18.0 Å². The Morgan fingerprint density at radius 1 is 1.28 bits per heavy atom. The van der Waals surface area contributed by atoms with Gasteiger partial charge in [-0.1, -0.05) is 18.2 Å². The fraction of sp³-hybridized carbons (Fsp3) is 0.421. The summed E-state index contributed by atoms with van der Waals surface area (Å²) >= 11 is 0. The Balaban J connectivity index is 1.58. The van der Waals surface area contributed by atoms with E-state index in [0.29, 0.717) is 23.2 Å². The molecule has 1 atom stereocenters. The molecule has 1 aromatic carbocycles. The van der Waals surface area contributed by atoms with E-state index in [1.54, 1.807) is 6.07 Å². The number of hydrogen-bond acceptors (Lipinski definition) is 5. The molecule has 2 aliphatic heterocycles. The highest BCUT2D eigenvalue weighted by atomic mass is 19.4. The number of nitrogens with zero attached hydrogens (tertiary/aromatic N) is 2. The number of nitrogens with one attached hydrogen (secondary N) is 3. The number of fused-ring (bicyclic) bond motifs is 1. The summed E-state index contributed by atoms with van der Waals surface area (Å²) in [5.74, 6) is 0.231. The molecule has 1 saturated heterocycles. The molecular weight excluding hydrogens is 387 g/mol. The molecule has 0 saturated carbocycles. The lowest BCUT2D eigenvalue weighted by molar-refractivity contribution is -0.274. The minimum atomic E-state index is -4.80. The Bertz CT molecular complexity index is 1040. The summed E-state index contributed by atoms with van der Waals surface area (Å²) < 4.78 is 43.6. The molecule has 29 heavy (non-hydrogen) atoms. The van der Waals surface area contributed by atoms with Crippen molar-refractivity contribution in [2.24, 2.45) is 5.92 Å². The van der Waals surface area contributed by atoms with Crippen molar-refractivity contribution in [1.82, 2.24) is 25.3 Å². The minimum Gasteiger partial charge on any atom is -0.405 e. The topological polar surface area (TPSA) is 74.3 Å². The Morgan fingerprint density at radius 2 is 2.10 bits per heavy atom. The summed E-state index contributed by atoms with van der Waals surface area (Å²) in [5.41, 5.74) is 3.24. The van der Waals surface area contributed by atoms with Crippen LogP contribution >= 0.6 is 0 Å². The third kappa shape index (κ3) is 4.65. The second-order valence-electron chi connectivity index (χ2n) is 7.18. The van der Waals surface area contributed by atoms with Crippen molar-refractivity contribution >= 4 is 12.3 Å². The van der Waals surface area contributed by atoms with Gasteiger partial charge in [0.2, 0.25) is 0 Å². The molecule has 2 aromatic rings. The highest BCUT2D eigenvalue weighted by Gasteiger charge is 2.32. The van der Waals surface area contributed by atoms with Gasteiger partial charge >= 0.3 is 12.1 Å². The molecular formula is C19H22F3N5O2. The van der Waals surface area contributed by atoms with Crippen molar-refractivity contribution in [3.8, 4) is 5.75 Å². The number of imidazole rings is 1. The van der Waals surface area contributed by atoms with Crippen molar-refractivity contribution in [3.63, 3.8) is 0 Å². The summed E-state index contributed by atoms with van der Waals surface area (Å²) in [6.07, 6.45) is 0.00308. The third-order valence-electron chi connectivity index (χ3n) is 5.10. The van der Waals surface area contributed by atoms with E-state index in [2.05, 4.69) is 20.5 Å². The molecule has 3 N–H and O–H groups in total. The molecule has 0 radical (unpaired) electrons. The van der Waals surface area contributed by atoms with Gasteiger partial charge in [-0.3, -0.25) is 4.57 Å². The zero-order valence-corrected chi connectivity index (χ0v) is 15.6. The number of aromatic nitrogens is 2. The normalized spacial score (nSPS) is 18.9. The molecule has 156 valence electrons. The smallest absolute Gasteiger partial charge is 0.405 e.